The van der Waals surface area contributed by atoms with Gasteiger partial charge in [-0.25, -0.2) is 0 Å². The van der Waals surface area contributed by atoms with Crippen molar-refractivity contribution >= 4 is 23.3 Å². The molecule has 12 rings (SSSR count). The highest BCUT2D eigenvalue weighted by molar-refractivity contribution is 6.12. The van der Waals surface area contributed by atoms with Gasteiger partial charge >= 0.3 is 5.97 Å². The highest BCUT2D eigenvalue weighted by Gasteiger charge is 2.62. The molecule has 4 fully saturated rings. The van der Waals surface area contributed by atoms with Gasteiger partial charge in [-0.05, 0) is 104 Å². The topological polar surface area (TPSA) is 158 Å². The van der Waals surface area contributed by atoms with Crippen molar-refractivity contribution in [2.45, 2.75) is 69.0 Å². The third kappa shape index (κ3) is 6.03. The fourth-order valence-corrected chi connectivity index (χ4v) is 13.1. The van der Waals surface area contributed by atoms with Crippen molar-refractivity contribution in [3.05, 3.63) is 97.2 Å². The van der Waals surface area contributed by atoms with Crippen LogP contribution in [0.4, 0.5) is 0 Å². The van der Waals surface area contributed by atoms with Crippen LogP contribution in [-0.4, -0.2) is 73.8 Å². The van der Waals surface area contributed by atoms with Crippen molar-refractivity contribution in [3.8, 4) is 0 Å². The molecular formula is C46H52O9. The number of hydrogen-bond acceptors (Lipinski definition) is 9. The molecule has 290 valence electrons. The van der Waals surface area contributed by atoms with Crippen molar-refractivity contribution < 1.29 is 44.3 Å². The molecule has 0 aromatic rings. The molecule has 8 bridgehead atoms. The molecule has 55 heavy (non-hydrogen) atoms. The number of carbonyl (C=O) groups is 4. The summed E-state index contributed by atoms with van der Waals surface area (Å²) in [5, 5.41) is 39.8. The van der Waals surface area contributed by atoms with Gasteiger partial charge < -0.3 is 25.2 Å². The Morgan fingerprint density at radius 3 is 1.73 bits per heavy atom. The average molecular weight is 749 g/mol. The smallest absolute Gasteiger partial charge is 0.303 e. The van der Waals surface area contributed by atoms with Gasteiger partial charge in [-0.3, -0.25) is 19.2 Å². The van der Waals surface area contributed by atoms with Crippen LogP contribution in [0.2, 0.25) is 0 Å². The summed E-state index contributed by atoms with van der Waals surface area (Å²) < 4.78 is 5.34. The molecule has 12 aliphatic carbocycles. The quantitative estimate of drug-likeness (QED) is 0.228. The Kier molecular flexibility index (Phi) is 9.39. The normalized spacial score (nSPS) is 50.5. The fourth-order valence-electron chi connectivity index (χ4n) is 13.1. The minimum Gasteiger partial charge on any atom is -0.458 e. The second-order valence-corrected chi connectivity index (χ2v) is 18.0. The fraction of sp³-hybridized carbons (Fsp3) is 0.565. The number of aliphatic hydroxyl groups is 4. The minimum atomic E-state index is -1.43. The molecule has 4 N–H and O–H groups in total. The van der Waals surface area contributed by atoms with Gasteiger partial charge in [0.1, 0.15) is 11.7 Å². The van der Waals surface area contributed by atoms with Crippen LogP contribution in [0.1, 0.15) is 39.0 Å². The second-order valence-electron chi connectivity index (χ2n) is 18.0. The molecule has 0 unspecified atom stereocenters. The maximum Gasteiger partial charge on any atom is 0.303 e. The van der Waals surface area contributed by atoms with E-state index in [4.69, 9.17) is 4.74 Å². The molecule has 0 heterocycles. The van der Waals surface area contributed by atoms with E-state index in [1.54, 1.807) is 24.3 Å². The van der Waals surface area contributed by atoms with Crippen molar-refractivity contribution in [1.29, 1.82) is 0 Å². The third-order valence-electron chi connectivity index (χ3n) is 15.4. The van der Waals surface area contributed by atoms with Gasteiger partial charge in [-0.2, -0.15) is 0 Å². The number of hydrogen-bond donors (Lipinski definition) is 4. The number of aliphatic hydroxyl groups excluding tert-OH is 3. The van der Waals surface area contributed by atoms with Crippen molar-refractivity contribution in [1.82, 2.24) is 0 Å². The average Bonchev–Trinajstić information content (AvgIpc) is 4.03. The molecule has 0 saturated heterocycles. The number of rotatable bonds is 1. The highest BCUT2D eigenvalue weighted by Crippen LogP contribution is 2.55. The minimum absolute atomic E-state index is 0.0615. The lowest BCUT2D eigenvalue weighted by Gasteiger charge is -2.37. The van der Waals surface area contributed by atoms with Crippen LogP contribution in [0.15, 0.2) is 97.2 Å². The maximum absolute atomic E-state index is 11.6. The zero-order chi connectivity index (χ0) is 38.3. The predicted octanol–water partition coefficient (Wildman–Crippen LogP) is 4.20. The number of ether oxygens (including phenoxy) is 1. The largest absolute Gasteiger partial charge is 0.458 e. The predicted molar refractivity (Wildman–Crippen MR) is 202 cm³/mol. The Morgan fingerprint density at radius 1 is 0.600 bits per heavy atom. The summed E-state index contributed by atoms with van der Waals surface area (Å²) in [6.07, 6.45) is 34.9. The van der Waals surface area contributed by atoms with E-state index < -0.39 is 11.5 Å². The van der Waals surface area contributed by atoms with Crippen molar-refractivity contribution in [2.24, 2.45) is 88.8 Å². The lowest BCUT2D eigenvalue weighted by Crippen LogP contribution is -2.53. The number of fused-ring (bicyclic) bond motifs is 20. The number of ketones is 3. The molecule has 4 saturated carbocycles. The molecule has 0 aromatic carbocycles. The summed E-state index contributed by atoms with van der Waals surface area (Å²) in [6, 6.07) is 0. The van der Waals surface area contributed by atoms with E-state index >= 15 is 0 Å². The summed E-state index contributed by atoms with van der Waals surface area (Å²) in [7, 11) is 0. The number of allylic oxidation sites excluding steroid dienone is 10. The Labute approximate surface area is 322 Å². The highest BCUT2D eigenvalue weighted by atomic mass is 16.5. The van der Waals surface area contributed by atoms with Gasteiger partial charge in [0.05, 0.1) is 24.2 Å². The lowest BCUT2D eigenvalue weighted by atomic mass is 9.71. The summed E-state index contributed by atoms with van der Waals surface area (Å²) in [4.78, 5) is 45.8. The zero-order valence-electron chi connectivity index (χ0n) is 31.1. The molecule has 0 radical (unpaired) electrons. The second kappa shape index (κ2) is 14.0. The first-order valence-electron chi connectivity index (χ1n) is 20.4. The van der Waals surface area contributed by atoms with Gasteiger partial charge in [0.25, 0.3) is 0 Å². The summed E-state index contributed by atoms with van der Waals surface area (Å²) in [5.74, 6) is 4.42. The van der Waals surface area contributed by atoms with Gasteiger partial charge in [-0.15, -0.1) is 0 Å². The first kappa shape index (κ1) is 36.9. The Balaban J connectivity index is 0.0000000967. The molecule has 12 aliphatic rings. The molecule has 0 amide bonds. The Hall–Kier alpha value is -3.76. The van der Waals surface area contributed by atoms with Gasteiger partial charge in [0.15, 0.2) is 17.3 Å². The molecule has 20 atom stereocenters. The molecule has 0 spiro atoms. The summed E-state index contributed by atoms with van der Waals surface area (Å²) >= 11 is 0. The van der Waals surface area contributed by atoms with Crippen molar-refractivity contribution in [2.75, 3.05) is 0 Å². The van der Waals surface area contributed by atoms with Crippen LogP contribution < -0.4 is 0 Å². The van der Waals surface area contributed by atoms with Crippen LogP contribution in [0, 0.1) is 88.8 Å². The molecule has 0 aromatic heterocycles. The Morgan fingerprint density at radius 2 is 1.13 bits per heavy atom. The lowest BCUT2D eigenvalue weighted by molar-refractivity contribution is -0.149. The van der Waals surface area contributed by atoms with Crippen LogP contribution in [-0.2, 0) is 23.9 Å². The van der Waals surface area contributed by atoms with E-state index in [0.717, 1.165) is 25.7 Å². The summed E-state index contributed by atoms with van der Waals surface area (Å²) in [5.41, 5.74) is -1.43. The Bertz CT molecular complexity index is 1840. The monoisotopic (exact) mass is 748 g/mol. The van der Waals surface area contributed by atoms with Crippen LogP contribution in [0.5, 0.6) is 0 Å². The number of carbonyl (C=O) groups excluding carboxylic acids is 4. The van der Waals surface area contributed by atoms with Gasteiger partial charge in [-0.1, -0.05) is 72.9 Å². The summed E-state index contributed by atoms with van der Waals surface area (Å²) in [6.45, 7) is 1.44. The van der Waals surface area contributed by atoms with E-state index in [2.05, 4.69) is 42.5 Å². The van der Waals surface area contributed by atoms with Gasteiger partial charge in [0.2, 0.25) is 0 Å². The van der Waals surface area contributed by atoms with Gasteiger partial charge in [0, 0.05) is 42.4 Å². The standard InChI is InChI=1S/C13H16O3.C11H10O3.C11H14O2.C11H12O/c1-7(14)16-11-5-4-10(15)12-8-2-3-9(6-8)13(11)12;12-8-3-4-9(13)11(14)7-2-1-6(5-7)10(8)11;12-8-3-4-9(13)11-7-2-1-6(5-7)10(8)11;12-10-3-1-2-9-7-4-5-8(6-7)11(9)10/h2-5,8-13,15H,6H2,1H3;1-4,6-7,10,14H,5H2;1-4,6-13H,5H2;1,3-5,7-9,11H,2,6H2/t8-,9+,10+,11-,12+,13-;6-,7+,10+,11+;6-,7+,8+,9-,10+,11-;7-,8+,9-,11+/m10.0/s1. The van der Waals surface area contributed by atoms with Crippen LogP contribution in [0.3, 0.4) is 0 Å². The van der Waals surface area contributed by atoms with E-state index in [1.807, 2.05) is 18.2 Å². The van der Waals surface area contributed by atoms with E-state index in [0.29, 0.717) is 53.1 Å². The first-order valence-corrected chi connectivity index (χ1v) is 20.4. The molecular weight excluding hydrogens is 696 g/mol. The third-order valence-corrected chi connectivity index (χ3v) is 15.4. The van der Waals surface area contributed by atoms with E-state index in [1.165, 1.54) is 25.5 Å². The first-order chi connectivity index (χ1) is 26.4. The van der Waals surface area contributed by atoms with Crippen molar-refractivity contribution in [3.63, 3.8) is 0 Å². The molecule has 0 aliphatic heterocycles. The SMILES string of the molecule is CC(=O)O[C@@H]1C=C[C@H](O)[C@H]2[C@@H]1[C@H]1C=C[C@@H]2C1.O=C1C=CC(=O)[C@]2(O)[C@@H]3C=C[C@@H](C3)[C@H]12.O=C1C=CC[C@@H]2[C@H]1[C@@H]1C=C[C@H]2C1.O[C@@H]1C=C[C@H](O)[C@H]2[C@@H]1[C@H]1C=C[C@@H]2C1. The van der Waals surface area contributed by atoms with E-state index in [9.17, 15) is 39.6 Å². The molecule has 9 heteroatoms. The number of esters is 1. The van der Waals surface area contributed by atoms with Crippen LogP contribution >= 0.6 is 0 Å². The van der Waals surface area contributed by atoms with Crippen LogP contribution in [0.25, 0.3) is 0 Å². The molecule has 9 nitrogen and oxygen atoms in total. The zero-order valence-corrected chi connectivity index (χ0v) is 31.1. The van der Waals surface area contributed by atoms with E-state index in [-0.39, 0.29) is 77.5 Å². The maximum atomic E-state index is 11.6.